The van der Waals surface area contributed by atoms with E-state index in [0.29, 0.717) is 18.7 Å². The number of hydrogen-bond acceptors (Lipinski definition) is 4. The van der Waals surface area contributed by atoms with Gasteiger partial charge in [0.05, 0.1) is 7.11 Å². The molecule has 136 valence electrons. The number of halogens is 1. The first-order valence-electron chi connectivity index (χ1n) is 8.20. The lowest BCUT2D eigenvalue weighted by Crippen LogP contribution is -2.41. The first-order chi connectivity index (χ1) is 12.6. The van der Waals surface area contributed by atoms with Crippen molar-refractivity contribution in [3.63, 3.8) is 0 Å². The van der Waals surface area contributed by atoms with Gasteiger partial charge in [-0.1, -0.05) is 12.1 Å². The van der Waals surface area contributed by atoms with E-state index in [0.717, 1.165) is 11.3 Å². The molecule has 3 rings (SSSR count). The number of ether oxygens (including phenoxy) is 2. The molecule has 0 bridgehead atoms. The standard InChI is InChI=1S/C19H19FN2O4/c1-25-19(24)21-17-9-10-22(18(17)23)15-5-7-16(8-6-15)26-12-13-3-2-4-14(20)11-13/h2-8,11,17H,9-10,12H2,1H3,(H,21,24). The predicted octanol–water partition coefficient (Wildman–Crippen LogP) is 2.87. The van der Waals surface area contributed by atoms with Crippen LogP contribution in [0, 0.1) is 5.82 Å². The fourth-order valence-corrected chi connectivity index (χ4v) is 2.79. The lowest BCUT2D eigenvalue weighted by molar-refractivity contribution is -0.118. The van der Waals surface area contributed by atoms with E-state index in [1.54, 1.807) is 41.3 Å². The summed E-state index contributed by atoms with van der Waals surface area (Å²) < 4.78 is 23.3. The third kappa shape index (κ3) is 4.11. The number of anilines is 1. The topological polar surface area (TPSA) is 67.9 Å². The minimum Gasteiger partial charge on any atom is -0.489 e. The van der Waals surface area contributed by atoms with E-state index >= 15 is 0 Å². The molecule has 0 radical (unpaired) electrons. The molecule has 0 spiro atoms. The number of carbonyl (C=O) groups is 2. The van der Waals surface area contributed by atoms with Gasteiger partial charge in [-0.05, 0) is 48.4 Å². The van der Waals surface area contributed by atoms with Crippen molar-refractivity contribution in [1.29, 1.82) is 0 Å². The van der Waals surface area contributed by atoms with Crippen molar-refractivity contribution < 1.29 is 23.5 Å². The second kappa shape index (κ2) is 7.86. The molecule has 0 aromatic heterocycles. The summed E-state index contributed by atoms with van der Waals surface area (Å²) in [6.07, 6.45) is -0.0996. The molecule has 26 heavy (non-hydrogen) atoms. The lowest BCUT2D eigenvalue weighted by atomic mass is 10.2. The van der Waals surface area contributed by atoms with E-state index in [4.69, 9.17) is 4.74 Å². The molecule has 1 aliphatic rings. The van der Waals surface area contributed by atoms with Crippen LogP contribution in [0.3, 0.4) is 0 Å². The van der Waals surface area contributed by atoms with Gasteiger partial charge < -0.3 is 19.7 Å². The van der Waals surface area contributed by atoms with Gasteiger partial charge in [0.2, 0.25) is 5.91 Å². The highest BCUT2D eigenvalue weighted by Crippen LogP contribution is 2.24. The Morgan fingerprint density at radius 3 is 2.73 bits per heavy atom. The van der Waals surface area contributed by atoms with E-state index in [1.807, 2.05) is 0 Å². The van der Waals surface area contributed by atoms with Gasteiger partial charge in [0, 0.05) is 12.2 Å². The molecule has 1 atom stereocenters. The van der Waals surface area contributed by atoms with Gasteiger partial charge in [-0.15, -0.1) is 0 Å². The minimum atomic E-state index is -0.619. The van der Waals surface area contributed by atoms with Crippen molar-refractivity contribution in [2.45, 2.75) is 19.1 Å². The van der Waals surface area contributed by atoms with Crippen molar-refractivity contribution in [2.24, 2.45) is 0 Å². The van der Waals surface area contributed by atoms with Gasteiger partial charge in [0.1, 0.15) is 24.2 Å². The highest BCUT2D eigenvalue weighted by atomic mass is 19.1. The molecule has 1 unspecified atom stereocenters. The molecule has 1 N–H and O–H groups in total. The third-order valence-electron chi connectivity index (χ3n) is 4.13. The SMILES string of the molecule is COC(=O)NC1CCN(c2ccc(OCc3cccc(F)c3)cc2)C1=O. The number of amides is 2. The molecule has 1 heterocycles. The van der Waals surface area contributed by atoms with Crippen molar-refractivity contribution in [3.05, 3.63) is 59.9 Å². The van der Waals surface area contributed by atoms with E-state index < -0.39 is 12.1 Å². The smallest absolute Gasteiger partial charge is 0.407 e. The van der Waals surface area contributed by atoms with E-state index in [1.165, 1.54) is 19.2 Å². The summed E-state index contributed by atoms with van der Waals surface area (Å²) in [5.74, 6) is 0.141. The maximum atomic E-state index is 13.2. The summed E-state index contributed by atoms with van der Waals surface area (Å²) in [5.41, 5.74) is 1.46. The van der Waals surface area contributed by atoms with Crippen LogP contribution in [0.1, 0.15) is 12.0 Å². The number of methoxy groups -OCH3 is 1. The molecule has 7 heteroatoms. The molecule has 1 fully saturated rings. The molecule has 2 amide bonds. The second-order valence-corrected chi connectivity index (χ2v) is 5.88. The van der Waals surface area contributed by atoms with Crippen LogP contribution in [-0.4, -0.2) is 31.7 Å². The Kier molecular flexibility index (Phi) is 5.36. The quantitative estimate of drug-likeness (QED) is 0.892. The summed E-state index contributed by atoms with van der Waals surface area (Å²) in [4.78, 5) is 25.2. The van der Waals surface area contributed by atoms with Crippen LogP contribution < -0.4 is 15.0 Å². The summed E-state index contributed by atoms with van der Waals surface area (Å²) in [6.45, 7) is 0.766. The average Bonchev–Trinajstić information content (AvgIpc) is 3.01. The van der Waals surface area contributed by atoms with E-state index in [9.17, 15) is 14.0 Å². The zero-order chi connectivity index (χ0) is 18.5. The Morgan fingerprint density at radius 2 is 2.04 bits per heavy atom. The summed E-state index contributed by atoms with van der Waals surface area (Å²) >= 11 is 0. The fourth-order valence-electron chi connectivity index (χ4n) is 2.79. The number of benzene rings is 2. The first kappa shape index (κ1) is 17.7. The van der Waals surface area contributed by atoms with Crippen molar-refractivity contribution >= 4 is 17.7 Å². The average molecular weight is 358 g/mol. The van der Waals surface area contributed by atoms with Crippen LogP contribution in [0.4, 0.5) is 14.9 Å². The predicted molar refractivity (Wildman–Crippen MR) is 93.5 cm³/mol. The first-order valence-corrected chi connectivity index (χ1v) is 8.20. The maximum absolute atomic E-state index is 13.2. The van der Waals surface area contributed by atoms with Crippen LogP contribution in [-0.2, 0) is 16.1 Å². The number of rotatable bonds is 5. The molecule has 2 aromatic carbocycles. The van der Waals surface area contributed by atoms with Crippen LogP contribution in [0.5, 0.6) is 5.75 Å². The van der Waals surface area contributed by atoms with Crippen molar-refractivity contribution in [1.82, 2.24) is 5.32 Å². The van der Waals surface area contributed by atoms with Gasteiger partial charge in [-0.25, -0.2) is 9.18 Å². The maximum Gasteiger partial charge on any atom is 0.407 e. The molecule has 6 nitrogen and oxygen atoms in total. The van der Waals surface area contributed by atoms with E-state index in [2.05, 4.69) is 10.1 Å². The Labute approximate surface area is 150 Å². The number of hydrogen-bond donors (Lipinski definition) is 1. The summed E-state index contributed by atoms with van der Waals surface area (Å²) in [6, 6.07) is 12.7. The summed E-state index contributed by atoms with van der Waals surface area (Å²) in [7, 11) is 1.26. The molecule has 1 aliphatic heterocycles. The van der Waals surface area contributed by atoms with Gasteiger partial charge in [-0.3, -0.25) is 4.79 Å². The fraction of sp³-hybridized carbons (Fsp3) is 0.263. The monoisotopic (exact) mass is 358 g/mol. The zero-order valence-corrected chi connectivity index (χ0v) is 14.3. The molecule has 0 aliphatic carbocycles. The van der Waals surface area contributed by atoms with Crippen molar-refractivity contribution in [3.8, 4) is 5.75 Å². The van der Waals surface area contributed by atoms with Gasteiger partial charge >= 0.3 is 6.09 Å². The molecule has 2 aromatic rings. The van der Waals surface area contributed by atoms with Crippen LogP contribution in [0.2, 0.25) is 0 Å². The van der Waals surface area contributed by atoms with Crippen LogP contribution in [0.15, 0.2) is 48.5 Å². The Bertz CT molecular complexity index is 794. The van der Waals surface area contributed by atoms with Crippen molar-refractivity contribution in [2.75, 3.05) is 18.6 Å². The normalized spacial score (nSPS) is 16.5. The van der Waals surface area contributed by atoms with E-state index in [-0.39, 0.29) is 18.3 Å². The Hall–Kier alpha value is -3.09. The molecule has 0 saturated carbocycles. The third-order valence-corrected chi connectivity index (χ3v) is 4.13. The molecular weight excluding hydrogens is 339 g/mol. The highest BCUT2D eigenvalue weighted by Gasteiger charge is 2.33. The number of nitrogens with zero attached hydrogens (tertiary/aromatic N) is 1. The second-order valence-electron chi connectivity index (χ2n) is 5.88. The molecular formula is C19H19FN2O4. The van der Waals surface area contributed by atoms with Gasteiger partial charge in [0.15, 0.2) is 0 Å². The largest absolute Gasteiger partial charge is 0.489 e. The Balaban J connectivity index is 1.59. The van der Waals surface area contributed by atoms with Crippen LogP contribution >= 0.6 is 0 Å². The summed E-state index contributed by atoms with van der Waals surface area (Å²) in [5, 5.41) is 2.52. The highest BCUT2D eigenvalue weighted by molar-refractivity contribution is 6.00. The minimum absolute atomic E-state index is 0.177. The lowest BCUT2D eigenvalue weighted by Gasteiger charge is -2.17. The number of alkyl carbamates (subject to hydrolysis) is 1. The molecule has 1 saturated heterocycles. The Morgan fingerprint density at radius 1 is 1.27 bits per heavy atom. The number of nitrogens with one attached hydrogen (secondary N) is 1. The zero-order valence-electron chi connectivity index (χ0n) is 14.3. The number of carbonyl (C=O) groups excluding carboxylic acids is 2. The van der Waals surface area contributed by atoms with Gasteiger partial charge in [-0.2, -0.15) is 0 Å². The van der Waals surface area contributed by atoms with Crippen LogP contribution in [0.25, 0.3) is 0 Å². The van der Waals surface area contributed by atoms with Gasteiger partial charge in [0.25, 0.3) is 0 Å².